The molecule has 4 aliphatic rings. The molecule has 542 valence electrons. The Morgan fingerprint density at radius 1 is 0.864 bits per heavy atom. The number of aliphatic hydroxyl groups excluding tert-OH is 1. The van der Waals surface area contributed by atoms with Gasteiger partial charge in [-0.25, -0.2) is 39.5 Å². The number of aromatic hydroxyl groups is 1. The number of carboxylic acid groups (broad SMARTS) is 1. The number of esters is 2. The largest absolute Gasteiger partial charge is 0.506 e. The van der Waals surface area contributed by atoms with Crippen molar-refractivity contribution in [3.05, 3.63) is 112 Å². The number of likely N-dealkylation sites (N-methyl/N-ethyl adjacent to an activating group) is 1. The first-order valence-corrected chi connectivity index (χ1v) is 36.6. The van der Waals surface area contributed by atoms with E-state index in [0.29, 0.717) is 4.73 Å². The van der Waals surface area contributed by atoms with Gasteiger partial charge in [0.05, 0.1) is 49.5 Å². The quantitative estimate of drug-likeness (QED) is 0.0337. The van der Waals surface area contributed by atoms with Crippen LogP contribution in [0.3, 0.4) is 0 Å². The highest BCUT2D eigenvalue weighted by Gasteiger charge is 2.50. The lowest BCUT2D eigenvalue weighted by Gasteiger charge is -2.48. The van der Waals surface area contributed by atoms with Gasteiger partial charge in [-0.2, -0.15) is 4.73 Å². The Hall–Kier alpha value is -9.46. The van der Waals surface area contributed by atoms with E-state index in [1.165, 1.54) is 60.0 Å². The summed E-state index contributed by atoms with van der Waals surface area (Å²) < 4.78 is 38.2. The Kier molecular flexibility index (Phi) is 21.4. The number of pyridine rings is 1. The minimum atomic E-state index is -1.93. The van der Waals surface area contributed by atoms with Crippen LogP contribution >= 0.6 is 68.4 Å². The number of thiazole rings is 5. The Labute approximate surface area is 606 Å². The van der Waals surface area contributed by atoms with E-state index in [0.717, 1.165) is 68.4 Å². The smallest absolute Gasteiger partial charge is 0.358 e. The van der Waals surface area contributed by atoms with Crippen molar-refractivity contribution in [3.63, 3.8) is 0 Å². The van der Waals surface area contributed by atoms with E-state index < -0.39 is 150 Å². The van der Waals surface area contributed by atoms with Crippen LogP contribution in [-0.2, 0) is 60.8 Å². The fourth-order valence-corrected chi connectivity index (χ4v) is 17.2. The lowest BCUT2D eigenvalue weighted by Crippen LogP contribution is -2.62. The lowest BCUT2D eigenvalue weighted by molar-refractivity contribution is -0.280. The Morgan fingerprint density at radius 3 is 2.24 bits per heavy atom. The van der Waals surface area contributed by atoms with Crippen LogP contribution < -0.4 is 32.3 Å². The molecule has 12 bridgehead atoms. The van der Waals surface area contributed by atoms with Gasteiger partial charge in [0.1, 0.15) is 120 Å². The number of cyclic esters (lactones) is 2. The predicted octanol–water partition coefficient (Wildman–Crippen LogP) is 3.91. The van der Waals surface area contributed by atoms with E-state index in [2.05, 4.69) is 41.5 Å². The molecule has 12 rings (SSSR count). The van der Waals surface area contributed by atoms with Crippen molar-refractivity contribution in [3.8, 4) is 38.4 Å². The highest BCUT2D eigenvalue weighted by atomic mass is 32.2. The zero-order valence-electron chi connectivity index (χ0n) is 55.2. The van der Waals surface area contributed by atoms with Crippen molar-refractivity contribution < 1.29 is 97.2 Å². The van der Waals surface area contributed by atoms with Crippen LogP contribution in [0.4, 0.5) is 0 Å². The number of hydrogen-bond acceptors (Lipinski definition) is 32. The number of aromatic nitrogens is 7. The molecule has 11 atom stereocenters. The Morgan fingerprint density at radius 2 is 1.53 bits per heavy atom. The van der Waals surface area contributed by atoms with Crippen molar-refractivity contribution in [2.24, 2.45) is 5.73 Å². The number of methoxy groups -OCH3 is 1. The number of benzene rings is 1. The molecule has 2 unspecified atom stereocenters. The van der Waals surface area contributed by atoms with Gasteiger partial charge in [0.15, 0.2) is 23.5 Å². The van der Waals surface area contributed by atoms with Gasteiger partial charge in [-0.15, -0.1) is 68.4 Å². The van der Waals surface area contributed by atoms with Gasteiger partial charge in [-0.3, -0.25) is 33.6 Å². The highest BCUT2D eigenvalue weighted by Crippen LogP contribution is 2.43. The van der Waals surface area contributed by atoms with Crippen LogP contribution in [0.1, 0.15) is 131 Å². The number of nitrogens with one attached hydrogen (secondary N) is 5. The minimum absolute atomic E-state index is 0.00407. The van der Waals surface area contributed by atoms with E-state index in [1.54, 1.807) is 45.0 Å². The van der Waals surface area contributed by atoms with Crippen molar-refractivity contribution >= 4 is 138 Å². The third-order valence-corrected chi connectivity index (χ3v) is 22.5. The molecular weight excluding hydrogens is 1470 g/mol. The zero-order valence-corrected chi connectivity index (χ0v) is 60.1. The first-order valence-electron chi connectivity index (χ1n) is 31.2. The fraction of sp³-hybridized carbons (Fsp3) is 0.381. The number of hydrogen-bond donors (Lipinski definition) is 11. The minimum Gasteiger partial charge on any atom is -0.506 e. The molecule has 0 radical (unpaired) electrons. The number of thioether (sulfide) groups is 1. The SMILES string of the molecule is CO/C(C)=C1/NC(=O)C([C@@H](C)O)NC(=O)c2csc(n2)-c2cc(O)c(-c3nc(C(=O)NC(SCCC(=O)O)C(N)=O)cs3)nc2-c2csc(n2)[C@@H]2COC(=O)c3c4c5c(cccc5n3O)COC(=O)[C@@H](O[C@H]3C[C@](C)(O)[C@H](N(C)C)[C@H](C)O3)[C@@H](OC4)[C@H](NC(=O)c3csc1n3)c1nc(cs1)C(=O)N2. The lowest BCUT2D eigenvalue weighted by atomic mass is 9.85. The summed E-state index contributed by atoms with van der Waals surface area (Å²) >= 11 is 5.15. The monoisotopic (exact) mass is 1530 g/mol. The number of aliphatic hydroxyl groups is 2. The molecule has 6 amide bonds. The number of carboxylic acids is 1. The summed E-state index contributed by atoms with van der Waals surface area (Å²) in [6, 6.07) is 0.512. The summed E-state index contributed by atoms with van der Waals surface area (Å²) in [7, 11) is 4.82. The molecule has 34 nitrogen and oxygen atoms in total. The number of amides is 6. The first-order chi connectivity index (χ1) is 49.1. The number of carbonyl (C=O) groups is 9. The van der Waals surface area contributed by atoms with E-state index in [9.17, 15) is 44.5 Å². The molecule has 40 heteroatoms. The summed E-state index contributed by atoms with van der Waals surface area (Å²) in [5.41, 5.74) is 2.37. The molecule has 1 aromatic carbocycles. The normalized spacial score (nSPS) is 23.7. The fourth-order valence-electron chi connectivity index (χ4n) is 12.1. The number of allylic oxidation sites excluding steroid dienone is 1. The maximum atomic E-state index is 15.2. The van der Waals surface area contributed by atoms with Crippen LogP contribution in [-0.4, -0.2) is 206 Å². The van der Waals surface area contributed by atoms with Crippen LogP contribution in [0, 0.1) is 0 Å². The highest BCUT2D eigenvalue weighted by molar-refractivity contribution is 8.00. The van der Waals surface area contributed by atoms with E-state index in [1.807, 2.05) is 0 Å². The zero-order chi connectivity index (χ0) is 73.6. The van der Waals surface area contributed by atoms with Crippen molar-refractivity contribution in [2.45, 2.75) is 120 Å². The molecule has 4 aliphatic heterocycles. The summed E-state index contributed by atoms with van der Waals surface area (Å²) in [5, 5.41) is 75.3. The number of rotatable bonds is 13. The van der Waals surface area contributed by atoms with E-state index in [-0.39, 0.29) is 123 Å². The number of nitrogens with two attached hydrogens (primary N) is 1. The van der Waals surface area contributed by atoms with Gasteiger partial charge in [-0.1, -0.05) is 12.1 Å². The van der Waals surface area contributed by atoms with Crippen molar-refractivity contribution in [1.82, 2.24) is 66.1 Å². The van der Waals surface area contributed by atoms with Crippen LogP contribution in [0.25, 0.3) is 49.3 Å². The van der Waals surface area contributed by atoms with Gasteiger partial charge in [0, 0.05) is 55.6 Å². The van der Waals surface area contributed by atoms with Crippen LogP contribution in [0.2, 0.25) is 0 Å². The van der Waals surface area contributed by atoms with Gasteiger partial charge in [0.2, 0.25) is 5.91 Å². The van der Waals surface area contributed by atoms with E-state index >= 15 is 19.2 Å². The van der Waals surface area contributed by atoms with Gasteiger partial charge in [-0.05, 0) is 59.5 Å². The molecule has 0 aliphatic carbocycles. The summed E-state index contributed by atoms with van der Waals surface area (Å²) in [6.45, 7) is 4.15. The molecule has 11 heterocycles. The molecule has 103 heavy (non-hydrogen) atoms. The topological polar surface area (TPSA) is 482 Å². The molecular formula is C63H64N14O20S6. The first kappa shape index (κ1) is 73.3. The van der Waals surface area contributed by atoms with Crippen molar-refractivity contribution in [2.75, 3.05) is 33.6 Å². The third kappa shape index (κ3) is 15.2. The molecule has 1 saturated heterocycles. The second-order valence-electron chi connectivity index (χ2n) is 24.3. The average Bonchev–Trinajstić information content (AvgIpc) is 1.63. The molecule has 12 N–H and O–H groups in total. The average molecular weight is 1530 g/mol. The number of nitrogens with zero attached hydrogens (tertiary/aromatic N) is 8. The van der Waals surface area contributed by atoms with Gasteiger partial charge in [0.25, 0.3) is 29.5 Å². The van der Waals surface area contributed by atoms with Crippen LogP contribution in [0.5, 0.6) is 5.75 Å². The number of fused-ring (bicyclic) bond motifs is 15. The molecule has 7 aromatic heterocycles. The summed E-state index contributed by atoms with van der Waals surface area (Å²) in [4.78, 5) is 156. The second kappa shape index (κ2) is 30.1. The second-order valence-corrected chi connectivity index (χ2v) is 29.9. The van der Waals surface area contributed by atoms with Crippen LogP contribution in [0.15, 0.2) is 56.9 Å². The van der Waals surface area contributed by atoms with Gasteiger partial charge >= 0.3 is 17.9 Å². The predicted molar refractivity (Wildman–Crippen MR) is 369 cm³/mol. The van der Waals surface area contributed by atoms with Gasteiger partial charge < -0.3 is 91.3 Å². The standard InChI is InChI=1S/C63H64N14O20S6/c1-23(78)40-54(87)73-41(24(2)92-7)57-68-33(21-101-57)52(85)74-44-46-47(97-38-14-63(4,90)48(76(5)6)25(3)96-38)62(89)94-15-26-9-8-10-35-39(26)28(16-93-46)45(77(35)91)61(88)95-17-29(65-50(83)31-20-103-59(44)70-31)56-66-30(18-100-56)42-27(55-67-32(19-99-55)51(84)72-40)13-36(79)43(71-42)58-69-34(22-102-58)53(86)75-60(49(64)82)98-12-11-37(80)81/h8-10,13,18-23,25,29,38,40,44,46-48,60,78-79,90-91H,11-12,14-17H2,1-7H3,(H2,64,82)(H,65,83)(H,72,84)(H,73,87)(H,74,85)(H,75,86)(H,80,81)/b41-24+/t23-,25+,29+,38+,40?,44+,46+,47+,48-,60?,63+/m1/s1. The van der Waals surface area contributed by atoms with Crippen molar-refractivity contribution in [1.29, 1.82) is 0 Å². The Bertz CT molecular complexity index is 4730. The van der Waals surface area contributed by atoms with E-state index in [4.69, 9.17) is 54.2 Å². The maximum Gasteiger partial charge on any atom is 0.358 e. The molecule has 8 aromatic rings. The molecule has 1 fully saturated rings. The summed E-state index contributed by atoms with van der Waals surface area (Å²) in [5.74, 6) is -9.63. The Balaban J connectivity index is 1.02. The number of carbonyl (C=O) groups excluding carboxylic acids is 8. The number of aliphatic carboxylic acids is 1. The summed E-state index contributed by atoms with van der Waals surface area (Å²) in [6.07, 6.45) is -7.98. The molecule has 0 saturated carbocycles. The third-order valence-electron chi connectivity index (χ3n) is 16.9. The maximum absolute atomic E-state index is 15.2. The number of primary amides is 1. The molecule has 0 spiro atoms. The number of ether oxygens (including phenoxy) is 6.